The van der Waals surface area contributed by atoms with Gasteiger partial charge in [0, 0.05) is 23.7 Å². The zero-order valence-electron chi connectivity index (χ0n) is 16.4. The molecule has 2 aromatic heterocycles. The quantitative estimate of drug-likeness (QED) is 0.271. The second-order valence-corrected chi connectivity index (χ2v) is 8.02. The number of nitrogens with zero attached hydrogens (tertiary/aromatic N) is 3. The number of aromatic nitrogens is 3. The molecule has 5 nitrogen and oxygen atoms in total. The summed E-state index contributed by atoms with van der Waals surface area (Å²) < 4.78 is 20.5. The highest BCUT2D eigenvalue weighted by Crippen LogP contribution is 2.42. The molecule has 29 heavy (non-hydrogen) atoms. The third kappa shape index (κ3) is 3.84. The lowest BCUT2D eigenvalue weighted by molar-refractivity contribution is 0.278. The third-order valence-electron chi connectivity index (χ3n) is 4.91. The topological polar surface area (TPSA) is 68.1 Å². The van der Waals surface area contributed by atoms with Crippen LogP contribution in [0.4, 0.5) is 4.39 Å². The van der Waals surface area contributed by atoms with Crippen molar-refractivity contribution in [2.75, 3.05) is 5.75 Å². The minimum absolute atomic E-state index is 0.110. The Morgan fingerprint density at radius 1 is 1.21 bits per heavy atom. The van der Waals surface area contributed by atoms with Gasteiger partial charge < -0.3 is 9.84 Å². The molecule has 4 rings (SSSR count). The van der Waals surface area contributed by atoms with E-state index in [0.717, 1.165) is 46.0 Å². The van der Waals surface area contributed by atoms with Crippen LogP contribution in [0, 0.1) is 12.7 Å². The van der Waals surface area contributed by atoms with Gasteiger partial charge in [0.15, 0.2) is 11.6 Å². The van der Waals surface area contributed by atoms with Crippen LogP contribution in [-0.2, 0) is 13.0 Å². The fraction of sp³-hybridized carbons (Fsp3) is 0.318. The molecule has 0 aliphatic carbocycles. The smallest absolute Gasteiger partial charge is 0.227 e. The number of fused-ring (bicyclic) bond motifs is 2. The fourth-order valence-electron chi connectivity index (χ4n) is 3.29. The van der Waals surface area contributed by atoms with E-state index in [0.29, 0.717) is 29.4 Å². The van der Waals surface area contributed by atoms with Crippen molar-refractivity contribution in [2.24, 2.45) is 0 Å². The average Bonchev–Trinajstić information content (AvgIpc) is 2.73. The zero-order valence-corrected chi connectivity index (χ0v) is 17.2. The normalized spacial score (nSPS) is 12.3. The standard InChI is InChI=1S/C22H22FN3O2S/c1-3-4-9-29-22-17-10-16-14(12-27)11-24-13(2)19(16)28-21(17)25-20(26-22)15-7-5-6-8-18(15)23/h5-8,11,27H,3-4,9-10,12H2,1-2H3. The second kappa shape index (κ2) is 8.47. The van der Waals surface area contributed by atoms with Crippen LogP contribution in [0.5, 0.6) is 11.6 Å². The number of aliphatic hydroxyl groups is 1. The van der Waals surface area contributed by atoms with Gasteiger partial charge in [-0.15, -0.1) is 11.8 Å². The van der Waals surface area contributed by atoms with E-state index in [1.54, 1.807) is 36.2 Å². The third-order valence-corrected chi connectivity index (χ3v) is 6.01. The number of benzene rings is 1. The number of ether oxygens (including phenoxy) is 1. The first kappa shape index (κ1) is 19.8. The molecule has 0 atom stereocenters. The van der Waals surface area contributed by atoms with Crippen LogP contribution in [-0.4, -0.2) is 25.8 Å². The van der Waals surface area contributed by atoms with Crippen molar-refractivity contribution in [1.29, 1.82) is 0 Å². The lowest BCUT2D eigenvalue weighted by atomic mass is 9.99. The van der Waals surface area contributed by atoms with Crippen molar-refractivity contribution in [3.63, 3.8) is 0 Å². The van der Waals surface area contributed by atoms with E-state index in [2.05, 4.69) is 16.9 Å². The number of aliphatic hydroxyl groups excluding tert-OH is 1. The number of pyridine rings is 1. The van der Waals surface area contributed by atoms with Gasteiger partial charge in [0.05, 0.1) is 23.4 Å². The number of hydrogen-bond acceptors (Lipinski definition) is 6. The molecule has 0 spiro atoms. The molecule has 0 saturated heterocycles. The average molecular weight is 412 g/mol. The SMILES string of the molecule is CCCCSc1nc(-c2ccccc2F)nc2c1Cc1c(CO)cnc(C)c1O2. The predicted molar refractivity (Wildman–Crippen MR) is 111 cm³/mol. The first-order chi connectivity index (χ1) is 14.1. The summed E-state index contributed by atoms with van der Waals surface area (Å²) in [5.41, 5.74) is 3.60. The lowest BCUT2D eigenvalue weighted by Crippen LogP contribution is -2.13. The van der Waals surface area contributed by atoms with Crippen LogP contribution >= 0.6 is 11.8 Å². The molecule has 0 fully saturated rings. The van der Waals surface area contributed by atoms with Gasteiger partial charge in [-0.1, -0.05) is 25.5 Å². The van der Waals surface area contributed by atoms with Crippen molar-refractivity contribution < 1.29 is 14.2 Å². The molecule has 1 N–H and O–H groups in total. The summed E-state index contributed by atoms with van der Waals surface area (Å²) in [5.74, 6) is 1.91. The maximum absolute atomic E-state index is 14.4. The van der Waals surface area contributed by atoms with Gasteiger partial charge in [-0.3, -0.25) is 4.98 Å². The molecule has 0 radical (unpaired) electrons. The minimum atomic E-state index is -0.367. The molecule has 150 valence electrons. The van der Waals surface area contributed by atoms with Gasteiger partial charge in [-0.2, -0.15) is 4.98 Å². The molecule has 0 saturated carbocycles. The van der Waals surface area contributed by atoms with Crippen molar-refractivity contribution in [2.45, 2.75) is 44.7 Å². The van der Waals surface area contributed by atoms with Gasteiger partial charge in [-0.05, 0) is 31.2 Å². The summed E-state index contributed by atoms with van der Waals surface area (Å²) in [4.78, 5) is 13.6. The van der Waals surface area contributed by atoms with Crippen molar-refractivity contribution in [3.8, 4) is 23.0 Å². The van der Waals surface area contributed by atoms with Gasteiger partial charge in [0.2, 0.25) is 5.88 Å². The Morgan fingerprint density at radius 3 is 2.79 bits per heavy atom. The summed E-state index contributed by atoms with van der Waals surface area (Å²) in [6.45, 7) is 3.89. The van der Waals surface area contributed by atoms with E-state index in [9.17, 15) is 9.50 Å². The molecular weight excluding hydrogens is 389 g/mol. The fourth-order valence-corrected chi connectivity index (χ4v) is 4.40. The molecule has 0 unspecified atom stereocenters. The summed E-state index contributed by atoms with van der Waals surface area (Å²) in [7, 11) is 0. The zero-order chi connectivity index (χ0) is 20.4. The van der Waals surface area contributed by atoms with Gasteiger partial charge in [0.25, 0.3) is 0 Å². The van der Waals surface area contributed by atoms with Gasteiger partial charge in [0.1, 0.15) is 10.8 Å². The largest absolute Gasteiger partial charge is 0.436 e. The number of aryl methyl sites for hydroxylation is 1. The molecule has 1 aliphatic rings. The van der Waals surface area contributed by atoms with Crippen molar-refractivity contribution in [3.05, 3.63) is 58.7 Å². The van der Waals surface area contributed by atoms with Crippen LogP contribution in [0.1, 0.15) is 42.1 Å². The molecule has 3 heterocycles. The highest BCUT2D eigenvalue weighted by molar-refractivity contribution is 7.99. The summed E-state index contributed by atoms with van der Waals surface area (Å²) in [6, 6.07) is 6.49. The van der Waals surface area contributed by atoms with Crippen LogP contribution in [0.3, 0.4) is 0 Å². The molecule has 1 aromatic carbocycles. The van der Waals surface area contributed by atoms with Crippen LogP contribution in [0.25, 0.3) is 11.4 Å². The molecule has 1 aliphatic heterocycles. The molecular formula is C22H22FN3O2S. The van der Waals surface area contributed by atoms with E-state index in [1.807, 2.05) is 6.92 Å². The maximum atomic E-state index is 14.4. The number of rotatable bonds is 6. The summed E-state index contributed by atoms with van der Waals surface area (Å²) in [6.07, 6.45) is 4.37. The Kier molecular flexibility index (Phi) is 5.78. The van der Waals surface area contributed by atoms with E-state index in [-0.39, 0.29) is 12.4 Å². The van der Waals surface area contributed by atoms with E-state index in [4.69, 9.17) is 9.72 Å². The molecule has 0 amide bonds. The summed E-state index contributed by atoms with van der Waals surface area (Å²) >= 11 is 1.63. The number of halogens is 1. The van der Waals surface area contributed by atoms with E-state index < -0.39 is 0 Å². The first-order valence-corrected chi connectivity index (χ1v) is 10.7. The molecule has 7 heteroatoms. The van der Waals surface area contributed by atoms with Crippen molar-refractivity contribution >= 4 is 11.8 Å². The Hall–Kier alpha value is -2.51. The van der Waals surface area contributed by atoms with Crippen LogP contribution in [0.2, 0.25) is 0 Å². The van der Waals surface area contributed by atoms with Crippen LogP contribution in [0.15, 0.2) is 35.5 Å². The Morgan fingerprint density at radius 2 is 2.03 bits per heavy atom. The number of hydrogen-bond donors (Lipinski definition) is 1. The lowest BCUT2D eigenvalue weighted by Gasteiger charge is -2.24. The minimum Gasteiger partial charge on any atom is -0.436 e. The Labute approximate surface area is 173 Å². The molecule has 0 bridgehead atoms. The predicted octanol–water partition coefficient (Wildman–Crippen LogP) is 5.07. The number of unbranched alkanes of at least 4 members (excludes halogenated alkanes) is 1. The second-order valence-electron chi connectivity index (χ2n) is 6.93. The van der Waals surface area contributed by atoms with Crippen LogP contribution < -0.4 is 4.74 Å². The maximum Gasteiger partial charge on any atom is 0.227 e. The monoisotopic (exact) mass is 411 g/mol. The van der Waals surface area contributed by atoms with Gasteiger partial charge in [-0.25, -0.2) is 9.37 Å². The molecule has 3 aromatic rings. The highest BCUT2D eigenvalue weighted by atomic mass is 32.2. The first-order valence-electron chi connectivity index (χ1n) is 9.67. The summed E-state index contributed by atoms with van der Waals surface area (Å²) in [5, 5.41) is 10.5. The van der Waals surface area contributed by atoms with Gasteiger partial charge >= 0.3 is 0 Å². The Bertz CT molecular complexity index is 1060. The Balaban J connectivity index is 1.83. The van der Waals surface area contributed by atoms with Crippen molar-refractivity contribution in [1.82, 2.24) is 15.0 Å². The highest BCUT2D eigenvalue weighted by Gasteiger charge is 2.28. The number of thioether (sulfide) groups is 1. The van der Waals surface area contributed by atoms with E-state index >= 15 is 0 Å². The van der Waals surface area contributed by atoms with E-state index in [1.165, 1.54) is 6.07 Å².